The molecule has 12 heavy (non-hydrogen) atoms. The third-order valence-electron chi connectivity index (χ3n) is 1.53. The number of carbonyl (C=O) groups is 1. The first-order valence-electron chi connectivity index (χ1n) is 3.22. The molecule has 3 N–H and O–H groups in total. The Labute approximate surface area is 82.3 Å². The van der Waals surface area contributed by atoms with E-state index >= 15 is 0 Å². The lowest BCUT2D eigenvalue weighted by Crippen LogP contribution is -2.40. The molecule has 1 aromatic rings. The molecule has 5 heteroatoms. The van der Waals surface area contributed by atoms with Gasteiger partial charge in [-0.1, -0.05) is 0 Å². The molecule has 0 saturated carbocycles. The van der Waals surface area contributed by atoms with Crippen molar-refractivity contribution in [3.63, 3.8) is 0 Å². The van der Waals surface area contributed by atoms with Gasteiger partial charge in [0, 0.05) is 4.88 Å². The number of carboxylic acid groups (broad SMARTS) is 1. The highest BCUT2D eigenvalue weighted by atomic mass is 79.9. The lowest BCUT2D eigenvalue weighted by molar-refractivity contribution is -0.142. The van der Waals surface area contributed by atoms with Gasteiger partial charge in [0.2, 0.25) is 0 Å². The summed E-state index contributed by atoms with van der Waals surface area (Å²) >= 11 is 4.58. The zero-order valence-electron chi connectivity index (χ0n) is 6.37. The smallest absolute Gasteiger partial charge is 0.328 e. The van der Waals surface area contributed by atoms with Crippen LogP contribution in [0.5, 0.6) is 0 Å². The van der Waals surface area contributed by atoms with Gasteiger partial charge < -0.3 is 10.8 Å². The van der Waals surface area contributed by atoms with Crippen molar-refractivity contribution >= 4 is 33.2 Å². The highest BCUT2D eigenvalue weighted by molar-refractivity contribution is 9.11. The average molecular weight is 250 g/mol. The molecular weight excluding hydrogens is 242 g/mol. The summed E-state index contributed by atoms with van der Waals surface area (Å²) in [6, 6.07) is 3.50. The Balaban J connectivity index is 3.05. The van der Waals surface area contributed by atoms with Gasteiger partial charge in [0.25, 0.3) is 0 Å². The van der Waals surface area contributed by atoms with Gasteiger partial charge in [-0.3, -0.25) is 0 Å². The van der Waals surface area contributed by atoms with Crippen LogP contribution in [0.25, 0.3) is 0 Å². The van der Waals surface area contributed by atoms with Crippen LogP contribution in [0.4, 0.5) is 0 Å². The molecule has 0 fully saturated rings. The van der Waals surface area contributed by atoms with Gasteiger partial charge in [-0.25, -0.2) is 4.79 Å². The second-order valence-electron chi connectivity index (χ2n) is 2.61. The third-order valence-corrected chi connectivity index (χ3v) is 3.39. The Morgan fingerprint density at radius 2 is 2.33 bits per heavy atom. The normalized spacial score (nSPS) is 15.6. The first kappa shape index (κ1) is 9.70. The SMILES string of the molecule is CC(N)(C(=O)O)c1ccc(Br)s1. The summed E-state index contributed by atoms with van der Waals surface area (Å²) in [6.07, 6.45) is 0. The Bertz CT molecular complexity index is 308. The number of nitrogens with two attached hydrogens (primary N) is 1. The maximum absolute atomic E-state index is 10.7. The van der Waals surface area contributed by atoms with Crippen molar-refractivity contribution in [2.75, 3.05) is 0 Å². The Kier molecular flexibility index (Phi) is 2.55. The van der Waals surface area contributed by atoms with E-state index in [-0.39, 0.29) is 0 Å². The molecule has 0 aliphatic carbocycles. The minimum atomic E-state index is -1.28. The highest BCUT2D eigenvalue weighted by Gasteiger charge is 2.31. The Hall–Kier alpha value is -0.390. The molecule has 1 aromatic heterocycles. The molecular formula is C7H8BrNO2S. The van der Waals surface area contributed by atoms with Crippen LogP contribution < -0.4 is 5.73 Å². The van der Waals surface area contributed by atoms with Gasteiger partial charge in [-0.15, -0.1) is 11.3 Å². The predicted octanol–water partition coefficient (Wildman–Crippen LogP) is 1.77. The number of thiophene rings is 1. The van der Waals surface area contributed by atoms with Crippen LogP contribution in [0, 0.1) is 0 Å². The number of aliphatic carboxylic acids is 1. The average Bonchev–Trinajstić information content (AvgIpc) is 2.35. The van der Waals surface area contributed by atoms with Crippen molar-refractivity contribution < 1.29 is 9.90 Å². The minimum Gasteiger partial charge on any atom is -0.480 e. The van der Waals surface area contributed by atoms with Gasteiger partial charge in [-0.05, 0) is 35.0 Å². The standard InChI is InChI=1S/C7H8BrNO2S/c1-7(9,6(10)11)4-2-3-5(8)12-4/h2-3H,9H2,1H3,(H,10,11). The Morgan fingerprint density at radius 1 is 1.75 bits per heavy atom. The summed E-state index contributed by atoms with van der Waals surface area (Å²) in [5.74, 6) is -1.02. The minimum absolute atomic E-state index is 0.641. The summed E-state index contributed by atoms with van der Waals surface area (Å²) in [6.45, 7) is 1.48. The largest absolute Gasteiger partial charge is 0.480 e. The molecule has 0 spiro atoms. The van der Waals surface area contributed by atoms with Gasteiger partial charge >= 0.3 is 5.97 Å². The monoisotopic (exact) mass is 249 g/mol. The highest BCUT2D eigenvalue weighted by Crippen LogP contribution is 2.29. The molecule has 0 aliphatic rings. The van der Waals surface area contributed by atoms with Crippen LogP contribution in [0.15, 0.2) is 15.9 Å². The summed E-state index contributed by atoms with van der Waals surface area (Å²) in [5.41, 5.74) is 4.30. The molecule has 0 bridgehead atoms. The first-order chi connectivity index (χ1) is 5.44. The second kappa shape index (κ2) is 3.16. The lowest BCUT2D eigenvalue weighted by atomic mass is 10.0. The summed E-state index contributed by atoms with van der Waals surface area (Å²) in [7, 11) is 0. The number of hydrogen-bond acceptors (Lipinski definition) is 3. The quantitative estimate of drug-likeness (QED) is 0.840. The molecule has 0 aliphatic heterocycles. The Morgan fingerprint density at radius 3 is 2.67 bits per heavy atom. The number of hydrogen-bond donors (Lipinski definition) is 2. The van der Waals surface area contributed by atoms with E-state index in [1.165, 1.54) is 18.3 Å². The van der Waals surface area contributed by atoms with Crippen molar-refractivity contribution in [2.24, 2.45) is 5.73 Å². The molecule has 0 aromatic carbocycles. The van der Waals surface area contributed by atoms with Gasteiger partial charge in [0.1, 0.15) is 5.54 Å². The zero-order valence-corrected chi connectivity index (χ0v) is 8.78. The second-order valence-corrected chi connectivity index (χ2v) is 5.07. The predicted molar refractivity (Wildman–Crippen MR) is 51.2 cm³/mol. The van der Waals surface area contributed by atoms with E-state index < -0.39 is 11.5 Å². The van der Waals surface area contributed by atoms with Gasteiger partial charge in [0.05, 0.1) is 3.79 Å². The fourth-order valence-electron chi connectivity index (χ4n) is 0.699. The van der Waals surface area contributed by atoms with E-state index in [1.54, 1.807) is 12.1 Å². The van der Waals surface area contributed by atoms with E-state index in [4.69, 9.17) is 10.8 Å². The molecule has 1 heterocycles. The van der Waals surface area contributed by atoms with Crippen LogP contribution >= 0.6 is 27.3 Å². The van der Waals surface area contributed by atoms with E-state index in [2.05, 4.69) is 15.9 Å². The lowest BCUT2D eigenvalue weighted by Gasteiger charge is -2.16. The van der Waals surface area contributed by atoms with Crippen molar-refractivity contribution in [1.82, 2.24) is 0 Å². The fraction of sp³-hybridized carbons (Fsp3) is 0.286. The summed E-state index contributed by atoms with van der Waals surface area (Å²) in [5, 5.41) is 8.77. The molecule has 0 saturated heterocycles. The molecule has 66 valence electrons. The topological polar surface area (TPSA) is 63.3 Å². The maximum Gasteiger partial charge on any atom is 0.328 e. The van der Waals surface area contributed by atoms with Gasteiger partial charge in [-0.2, -0.15) is 0 Å². The number of rotatable bonds is 2. The van der Waals surface area contributed by atoms with Crippen LogP contribution in [-0.2, 0) is 10.3 Å². The molecule has 3 nitrogen and oxygen atoms in total. The van der Waals surface area contributed by atoms with Crippen LogP contribution in [0.2, 0.25) is 0 Å². The van der Waals surface area contributed by atoms with E-state index in [9.17, 15) is 4.79 Å². The number of halogens is 1. The molecule has 1 atom stereocenters. The van der Waals surface area contributed by atoms with E-state index in [0.717, 1.165) is 3.79 Å². The molecule has 1 rings (SSSR count). The molecule has 1 unspecified atom stereocenters. The first-order valence-corrected chi connectivity index (χ1v) is 4.83. The van der Waals surface area contributed by atoms with Crippen molar-refractivity contribution in [2.45, 2.75) is 12.5 Å². The summed E-state index contributed by atoms with van der Waals surface area (Å²) < 4.78 is 0.885. The van der Waals surface area contributed by atoms with E-state index in [0.29, 0.717) is 4.88 Å². The van der Waals surface area contributed by atoms with Crippen LogP contribution in [0.1, 0.15) is 11.8 Å². The molecule has 0 radical (unpaired) electrons. The van der Waals surface area contributed by atoms with Crippen molar-refractivity contribution in [1.29, 1.82) is 0 Å². The van der Waals surface area contributed by atoms with Crippen LogP contribution in [0.3, 0.4) is 0 Å². The zero-order chi connectivity index (χ0) is 9.35. The maximum atomic E-state index is 10.7. The fourth-order valence-corrected chi connectivity index (χ4v) is 2.14. The summed E-state index contributed by atoms with van der Waals surface area (Å²) in [4.78, 5) is 11.3. The van der Waals surface area contributed by atoms with Crippen molar-refractivity contribution in [3.8, 4) is 0 Å². The van der Waals surface area contributed by atoms with Crippen molar-refractivity contribution in [3.05, 3.63) is 20.8 Å². The van der Waals surface area contributed by atoms with Gasteiger partial charge in [0.15, 0.2) is 0 Å². The number of carboxylic acids is 1. The molecule has 0 amide bonds. The third kappa shape index (κ3) is 1.68. The van der Waals surface area contributed by atoms with E-state index in [1.807, 2.05) is 0 Å². The van der Waals surface area contributed by atoms with Crippen LogP contribution in [-0.4, -0.2) is 11.1 Å².